The van der Waals surface area contributed by atoms with Crippen molar-refractivity contribution >= 4 is 28.2 Å². The molecule has 7 nitrogen and oxygen atoms in total. The number of carbonyl (C=O) groups excluding carboxylic acids is 1. The minimum Gasteiger partial charge on any atom is -0.493 e. The third kappa shape index (κ3) is 5.30. The van der Waals surface area contributed by atoms with Gasteiger partial charge >= 0.3 is 0 Å². The van der Waals surface area contributed by atoms with Crippen LogP contribution in [0.2, 0.25) is 0 Å². The number of benzene rings is 3. The highest BCUT2D eigenvalue weighted by molar-refractivity contribution is 5.92. The molecule has 1 heterocycles. The van der Waals surface area contributed by atoms with Crippen LogP contribution in [0.15, 0.2) is 65.5 Å². The highest BCUT2D eigenvalue weighted by atomic mass is 19.1. The maximum atomic E-state index is 14.0. The first-order valence-electron chi connectivity index (χ1n) is 11.1. The van der Waals surface area contributed by atoms with Gasteiger partial charge in [0.05, 0.1) is 25.4 Å². The summed E-state index contributed by atoms with van der Waals surface area (Å²) < 4.78 is 39.6. The lowest BCUT2D eigenvalue weighted by Gasteiger charge is -2.16. The fourth-order valence-corrected chi connectivity index (χ4v) is 3.84. The van der Waals surface area contributed by atoms with Crippen molar-refractivity contribution in [3.8, 4) is 11.5 Å². The van der Waals surface area contributed by atoms with Gasteiger partial charge in [-0.15, -0.1) is 0 Å². The summed E-state index contributed by atoms with van der Waals surface area (Å²) in [6.45, 7) is 1.75. The zero-order valence-electron chi connectivity index (χ0n) is 20.0. The molecule has 0 saturated heterocycles. The smallest absolute Gasteiger partial charge is 0.256 e. The molecule has 0 aliphatic carbocycles. The monoisotopic (exact) mass is 493 g/mol. The van der Waals surface area contributed by atoms with Crippen LogP contribution in [0, 0.1) is 18.6 Å². The number of ether oxygens (including phenoxy) is 2. The Morgan fingerprint density at radius 1 is 0.944 bits per heavy atom. The lowest BCUT2D eigenvalue weighted by molar-refractivity contribution is -0.116. The molecule has 186 valence electrons. The van der Waals surface area contributed by atoms with E-state index in [1.165, 1.54) is 18.8 Å². The number of nitrogens with one attached hydrogen (secondary N) is 2. The van der Waals surface area contributed by atoms with Crippen LogP contribution in [0.1, 0.15) is 11.1 Å². The Morgan fingerprint density at radius 3 is 2.33 bits per heavy atom. The quantitative estimate of drug-likeness (QED) is 0.367. The number of hydrogen-bond acceptors (Lipinski definition) is 5. The molecule has 4 aromatic rings. The molecule has 0 spiro atoms. The molecule has 3 aromatic carbocycles. The first kappa shape index (κ1) is 24.7. The third-order valence-electron chi connectivity index (χ3n) is 5.71. The molecule has 4 rings (SSSR count). The number of fused-ring (bicyclic) bond motifs is 1. The fourth-order valence-electron chi connectivity index (χ4n) is 3.84. The van der Waals surface area contributed by atoms with Crippen molar-refractivity contribution in [2.45, 2.75) is 20.0 Å². The largest absolute Gasteiger partial charge is 0.493 e. The van der Waals surface area contributed by atoms with Crippen molar-refractivity contribution in [1.82, 2.24) is 4.57 Å². The molecule has 1 amide bonds. The van der Waals surface area contributed by atoms with Gasteiger partial charge in [0.25, 0.3) is 5.56 Å². The number of hydrogen-bond donors (Lipinski definition) is 2. The Kier molecular flexibility index (Phi) is 7.19. The molecule has 0 fully saturated rings. The van der Waals surface area contributed by atoms with Gasteiger partial charge in [-0.05, 0) is 43.3 Å². The van der Waals surface area contributed by atoms with Crippen molar-refractivity contribution in [2.75, 3.05) is 24.9 Å². The van der Waals surface area contributed by atoms with Crippen LogP contribution in [-0.2, 0) is 17.9 Å². The summed E-state index contributed by atoms with van der Waals surface area (Å²) >= 11 is 0. The highest BCUT2D eigenvalue weighted by Crippen LogP contribution is 2.32. The normalized spacial score (nSPS) is 10.8. The molecule has 0 aliphatic rings. The van der Waals surface area contributed by atoms with E-state index in [1.807, 2.05) is 31.2 Å². The van der Waals surface area contributed by atoms with E-state index in [0.717, 1.165) is 29.4 Å². The summed E-state index contributed by atoms with van der Waals surface area (Å²) in [4.78, 5) is 26.3. The summed E-state index contributed by atoms with van der Waals surface area (Å²) in [6, 6.07) is 15.5. The van der Waals surface area contributed by atoms with Gasteiger partial charge in [0, 0.05) is 35.3 Å². The Balaban J connectivity index is 1.73. The fraction of sp³-hybridized carbons (Fsp3) is 0.185. The van der Waals surface area contributed by atoms with Crippen LogP contribution in [-0.4, -0.2) is 24.7 Å². The second-order valence-corrected chi connectivity index (χ2v) is 8.22. The van der Waals surface area contributed by atoms with E-state index < -0.39 is 29.6 Å². The molecule has 0 atom stereocenters. The van der Waals surface area contributed by atoms with Crippen molar-refractivity contribution in [3.05, 3.63) is 93.8 Å². The minimum atomic E-state index is -0.788. The Bertz CT molecular complexity index is 1480. The maximum Gasteiger partial charge on any atom is 0.256 e. The molecule has 2 N–H and O–H groups in total. The number of rotatable bonds is 8. The number of amides is 1. The molecular weight excluding hydrogens is 468 g/mol. The van der Waals surface area contributed by atoms with Crippen molar-refractivity contribution < 1.29 is 23.0 Å². The van der Waals surface area contributed by atoms with Crippen LogP contribution in [0.3, 0.4) is 0 Å². The Labute approximate surface area is 206 Å². The average Bonchev–Trinajstić information content (AvgIpc) is 2.87. The topological polar surface area (TPSA) is 81.6 Å². The molecule has 0 bridgehead atoms. The SMILES string of the molecule is COc1cc2cc(CNc3ccc(C)cc3)c(=O)n(CC(=O)Nc3cc(F)ccc3F)c2cc1OC. The van der Waals surface area contributed by atoms with E-state index in [-0.39, 0.29) is 12.2 Å². The van der Waals surface area contributed by atoms with E-state index in [2.05, 4.69) is 10.6 Å². The molecule has 1 aromatic heterocycles. The summed E-state index contributed by atoms with van der Waals surface area (Å²) in [5.74, 6) is -1.35. The van der Waals surface area contributed by atoms with E-state index in [0.29, 0.717) is 28.0 Å². The van der Waals surface area contributed by atoms with Gasteiger partial charge in [0.1, 0.15) is 18.2 Å². The third-order valence-corrected chi connectivity index (χ3v) is 5.71. The standard InChI is InChI=1S/C27H25F2N3O4/c1-16-4-7-20(8-5-16)30-14-18-10-17-11-24(35-2)25(36-3)13-23(17)32(27(18)34)15-26(33)31-22-12-19(28)6-9-21(22)29/h4-13,30H,14-15H2,1-3H3,(H,31,33). The summed E-state index contributed by atoms with van der Waals surface area (Å²) in [5, 5.41) is 6.19. The van der Waals surface area contributed by atoms with Crippen molar-refractivity contribution in [2.24, 2.45) is 0 Å². The number of pyridine rings is 1. The highest BCUT2D eigenvalue weighted by Gasteiger charge is 2.17. The van der Waals surface area contributed by atoms with Crippen LogP contribution in [0.4, 0.5) is 20.2 Å². The van der Waals surface area contributed by atoms with Crippen LogP contribution in [0.25, 0.3) is 10.9 Å². The van der Waals surface area contributed by atoms with Crippen molar-refractivity contribution in [1.29, 1.82) is 0 Å². The molecule has 0 saturated carbocycles. The van der Waals surface area contributed by atoms with Gasteiger partial charge in [-0.3, -0.25) is 14.2 Å². The predicted octanol–water partition coefficient (Wildman–Crippen LogP) is 4.86. The molecule has 0 radical (unpaired) electrons. The average molecular weight is 494 g/mol. The maximum absolute atomic E-state index is 14.0. The number of aryl methyl sites for hydroxylation is 1. The van der Waals surface area contributed by atoms with Crippen molar-refractivity contribution in [3.63, 3.8) is 0 Å². The molecule has 0 unspecified atom stereocenters. The Hall–Kier alpha value is -4.40. The number of aromatic nitrogens is 1. The first-order valence-corrected chi connectivity index (χ1v) is 11.1. The zero-order valence-corrected chi connectivity index (χ0v) is 20.0. The minimum absolute atomic E-state index is 0.201. The van der Waals surface area contributed by atoms with Gasteiger partial charge in [-0.25, -0.2) is 8.78 Å². The molecule has 36 heavy (non-hydrogen) atoms. The predicted molar refractivity (Wildman–Crippen MR) is 135 cm³/mol. The number of methoxy groups -OCH3 is 2. The summed E-state index contributed by atoms with van der Waals surface area (Å²) in [7, 11) is 2.96. The molecule has 9 heteroatoms. The van der Waals surface area contributed by atoms with Gasteiger partial charge in [0.2, 0.25) is 5.91 Å². The Morgan fingerprint density at radius 2 is 1.64 bits per heavy atom. The zero-order chi connectivity index (χ0) is 25.8. The van der Waals surface area contributed by atoms with E-state index in [4.69, 9.17) is 9.47 Å². The van der Waals surface area contributed by atoms with E-state index in [9.17, 15) is 18.4 Å². The van der Waals surface area contributed by atoms with Gasteiger partial charge in [-0.2, -0.15) is 0 Å². The summed E-state index contributed by atoms with van der Waals surface area (Å²) in [5.41, 5.74) is 2.04. The second-order valence-electron chi connectivity index (χ2n) is 8.22. The molecule has 0 aliphatic heterocycles. The lowest BCUT2D eigenvalue weighted by Crippen LogP contribution is -2.31. The van der Waals surface area contributed by atoms with Gasteiger partial charge in [-0.1, -0.05) is 17.7 Å². The lowest BCUT2D eigenvalue weighted by atomic mass is 10.1. The van der Waals surface area contributed by atoms with Crippen LogP contribution in [0.5, 0.6) is 11.5 Å². The molecular formula is C27H25F2N3O4. The van der Waals surface area contributed by atoms with E-state index >= 15 is 0 Å². The number of nitrogens with zero attached hydrogens (tertiary/aromatic N) is 1. The second kappa shape index (κ2) is 10.5. The number of halogens is 2. The van der Waals surface area contributed by atoms with Gasteiger partial charge < -0.3 is 20.1 Å². The summed E-state index contributed by atoms with van der Waals surface area (Å²) in [6.07, 6.45) is 0. The van der Waals surface area contributed by atoms with Crippen LogP contribution < -0.4 is 25.7 Å². The van der Waals surface area contributed by atoms with E-state index in [1.54, 1.807) is 18.2 Å². The number of anilines is 2. The number of carbonyl (C=O) groups is 1. The van der Waals surface area contributed by atoms with Crippen LogP contribution >= 0.6 is 0 Å². The van der Waals surface area contributed by atoms with Gasteiger partial charge in [0.15, 0.2) is 11.5 Å². The first-order chi connectivity index (χ1) is 17.3.